The van der Waals surface area contributed by atoms with E-state index < -0.39 is 12.1 Å². The Morgan fingerprint density at radius 3 is 1.25 bits per heavy atom. The number of nitrogens with one attached hydrogen (secondary N) is 1. The summed E-state index contributed by atoms with van der Waals surface area (Å²) < 4.78 is 5.47. The topological polar surface area (TPSA) is 95.9 Å². The first-order valence-electron chi connectivity index (χ1n) is 27.8. The van der Waals surface area contributed by atoms with Gasteiger partial charge in [-0.05, 0) is 57.8 Å². The second kappa shape index (κ2) is 52.7. The lowest BCUT2D eigenvalue weighted by Gasteiger charge is -2.20. The molecule has 0 aromatic rings. The number of rotatable bonds is 51. The van der Waals surface area contributed by atoms with E-state index in [0.717, 1.165) is 51.4 Å². The van der Waals surface area contributed by atoms with Gasteiger partial charge in [0.15, 0.2) is 0 Å². The lowest BCUT2D eigenvalue weighted by molar-refractivity contribution is -0.143. The van der Waals surface area contributed by atoms with Gasteiger partial charge in [0.25, 0.3) is 0 Å². The minimum atomic E-state index is -0.842. The molecule has 6 nitrogen and oxygen atoms in total. The van der Waals surface area contributed by atoms with E-state index in [4.69, 9.17) is 4.74 Å². The number of hydrogen-bond acceptors (Lipinski definition) is 5. The third-order valence-electron chi connectivity index (χ3n) is 12.7. The van der Waals surface area contributed by atoms with Crippen molar-refractivity contribution in [3.8, 4) is 0 Å². The van der Waals surface area contributed by atoms with Gasteiger partial charge in [-0.2, -0.15) is 0 Å². The van der Waals surface area contributed by atoms with E-state index in [0.29, 0.717) is 19.4 Å². The summed E-state index contributed by atoms with van der Waals surface area (Å²) >= 11 is 0. The number of aliphatic hydroxyl groups is 2. The third kappa shape index (κ3) is 49.4. The molecule has 0 fully saturated rings. The van der Waals surface area contributed by atoms with Crippen molar-refractivity contribution in [2.45, 2.75) is 302 Å². The fourth-order valence-corrected chi connectivity index (χ4v) is 8.36. The smallest absolute Gasteiger partial charge is 0.305 e. The Kier molecular flexibility index (Phi) is 51.1. The summed E-state index contributed by atoms with van der Waals surface area (Å²) in [7, 11) is 0. The number of amides is 1. The van der Waals surface area contributed by atoms with Crippen LogP contribution in [0.2, 0.25) is 0 Å². The van der Waals surface area contributed by atoms with Crippen molar-refractivity contribution in [2.75, 3.05) is 13.2 Å². The second-order valence-corrected chi connectivity index (χ2v) is 18.9. The number of carbonyl (C=O) groups is 2. The molecule has 2 atom stereocenters. The van der Waals surface area contributed by atoms with E-state index in [1.54, 1.807) is 6.08 Å². The first-order valence-corrected chi connectivity index (χ1v) is 27.8. The van der Waals surface area contributed by atoms with Gasteiger partial charge in [0.05, 0.1) is 25.4 Å². The van der Waals surface area contributed by atoms with Gasteiger partial charge in [0.2, 0.25) is 5.91 Å². The predicted octanol–water partition coefficient (Wildman–Crippen LogP) is 16.9. The predicted molar refractivity (Wildman–Crippen MR) is 273 cm³/mol. The Morgan fingerprint density at radius 1 is 0.444 bits per heavy atom. The molecule has 0 bridgehead atoms. The molecule has 0 aromatic heterocycles. The van der Waals surface area contributed by atoms with Gasteiger partial charge in [0.1, 0.15) is 0 Å². The van der Waals surface area contributed by atoms with Gasteiger partial charge >= 0.3 is 5.97 Å². The van der Waals surface area contributed by atoms with Crippen molar-refractivity contribution >= 4 is 11.9 Å². The molecular weight excluding hydrogens is 779 g/mol. The highest BCUT2D eigenvalue weighted by Gasteiger charge is 2.18. The summed E-state index contributed by atoms with van der Waals surface area (Å²) in [6, 6.07) is -0.625. The Bertz CT molecular complexity index is 1020. The van der Waals surface area contributed by atoms with Crippen molar-refractivity contribution < 1.29 is 24.5 Å². The third-order valence-corrected chi connectivity index (χ3v) is 12.7. The van der Waals surface area contributed by atoms with Gasteiger partial charge < -0.3 is 20.3 Å². The normalized spacial score (nSPS) is 12.9. The van der Waals surface area contributed by atoms with E-state index >= 15 is 0 Å². The van der Waals surface area contributed by atoms with E-state index in [1.165, 1.54) is 212 Å². The molecular formula is C57H107NO5. The Labute approximate surface area is 392 Å². The molecule has 0 aliphatic carbocycles. The molecule has 0 aromatic carbocycles. The van der Waals surface area contributed by atoms with Crippen LogP contribution in [0.4, 0.5) is 0 Å². The van der Waals surface area contributed by atoms with Crippen LogP contribution in [0.3, 0.4) is 0 Å². The zero-order valence-corrected chi connectivity index (χ0v) is 42.1. The first-order chi connectivity index (χ1) is 31.0. The minimum Gasteiger partial charge on any atom is -0.466 e. The van der Waals surface area contributed by atoms with Crippen LogP contribution >= 0.6 is 0 Å². The van der Waals surface area contributed by atoms with Crippen LogP contribution in [-0.4, -0.2) is 47.4 Å². The summed E-state index contributed by atoms with van der Waals surface area (Å²) in [4.78, 5) is 24.4. The Morgan fingerprint density at radius 2 is 0.810 bits per heavy atom. The van der Waals surface area contributed by atoms with E-state index in [9.17, 15) is 19.8 Å². The maximum atomic E-state index is 12.4. The molecule has 370 valence electrons. The average Bonchev–Trinajstić information content (AvgIpc) is 3.28. The Balaban J connectivity index is 3.37. The van der Waals surface area contributed by atoms with E-state index in [-0.39, 0.29) is 18.5 Å². The maximum Gasteiger partial charge on any atom is 0.305 e. The molecule has 0 aliphatic rings. The number of aliphatic hydroxyl groups excluding tert-OH is 2. The van der Waals surface area contributed by atoms with Crippen molar-refractivity contribution in [1.29, 1.82) is 0 Å². The van der Waals surface area contributed by atoms with Crippen LogP contribution in [-0.2, 0) is 14.3 Å². The molecule has 0 rings (SSSR count). The maximum absolute atomic E-state index is 12.4. The van der Waals surface area contributed by atoms with Crippen LogP contribution < -0.4 is 5.32 Å². The van der Waals surface area contributed by atoms with Crippen LogP contribution in [0, 0.1) is 0 Å². The molecule has 6 heteroatoms. The molecule has 3 N–H and O–H groups in total. The first kappa shape index (κ1) is 61.1. The minimum absolute atomic E-state index is 0.00137. The number of hydrogen-bond donors (Lipinski definition) is 3. The highest BCUT2D eigenvalue weighted by atomic mass is 16.5. The van der Waals surface area contributed by atoms with Crippen LogP contribution in [0.5, 0.6) is 0 Å². The van der Waals surface area contributed by atoms with Crippen LogP contribution in [0.15, 0.2) is 36.5 Å². The quantitative estimate of drug-likeness (QED) is 0.0321. The second-order valence-electron chi connectivity index (χ2n) is 18.9. The number of allylic oxidation sites excluding steroid dienone is 5. The van der Waals surface area contributed by atoms with Gasteiger partial charge in [-0.3, -0.25) is 9.59 Å². The van der Waals surface area contributed by atoms with Crippen LogP contribution in [0.1, 0.15) is 290 Å². The molecule has 63 heavy (non-hydrogen) atoms. The molecule has 0 heterocycles. The summed E-state index contributed by atoms with van der Waals surface area (Å²) in [6.45, 7) is 4.83. The lowest BCUT2D eigenvalue weighted by Crippen LogP contribution is -2.45. The van der Waals surface area contributed by atoms with Crippen molar-refractivity contribution in [1.82, 2.24) is 5.32 Å². The van der Waals surface area contributed by atoms with Crippen molar-refractivity contribution in [2.24, 2.45) is 0 Å². The molecule has 0 spiro atoms. The van der Waals surface area contributed by atoms with Gasteiger partial charge in [-0.25, -0.2) is 0 Å². The summed E-state index contributed by atoms with van der Waals surface area (Å²) in [5, 5.41) is 22.9. The number of ether oxygens (including phenoxy) is 1. The van der Waals surface area contributed by atoms with Gasteiger partial charge in [0, 0.05) is 12.8 Å². The fourth-order valence-electron chi connectivity index (χ4n) is 8.36. The van der Waals surface area contributed by atoms with E-state index in [2.05, 4.69) is 43.5 Å². The number of esters is 1. The molecule has 0 saturated carbocycles. The Hall–Kier alpha value is -1.92. The molecule has 0 aliphatic heterocycles. The zero-order valence-electron chi connectivity index (χ0n) is 42.1. The standard InChI is InChI=1S/C57H107NO5/c1-3-5-7-9-11-13-14-15-28-31-35-39-43-47-51-57(62)63-52-48-44-40-36-32-29-26-24-22-20-18-16-17-19-21-23-25-27-30-34-38-42-46-50-56(61)58-54(53-59)55(60)49-45-41-37-33-12-10-8-6-4-2/h9,11,14-15,45,49,54-55,59-60H,3-8,10,12-13,16-44,46-48,50-53H2,1-2H3,(H,58,61)/b11-9-,15-14-,49-45+. The SMILES string of the molecule is CCCC/C=C\C/C=C\CCCCCCCC(=O)OCCCCCCCCCCCCCCCCCCCCCCCCCC(=O)NC(CO)C(O)/C=C/CCCCCCCCC. The van der Waals surface area contributed by atoms with Gasteiger partial charge in [-0.1, -0.05) is 256 Å². The molecule has 2 unspecified atom stereocenters. The molecule has 0 radical (unpaired) electrons. The zero-order chi connectivity index (χ0) is 45.8. The van der Waals surface area contributed by atoms with Gasteiger partial charge in [-0.15, -0.1) is 0 Å². The average molecular weight is 886 g/mol. The fraction of sp³-hybridized carbons (Fsp3) is 0.860. The summed E-state index contributed by atoms with van der Waals surface area (Å²) in [5.41, 5.74) is 0. The summed E-state index contributed by atoms with van der Waals surface area (Å²) in [6.07, 6.45) is 64.6. The number of carbonyl (C=O) groups excluding carboxylic acids is 2. The molecule has 0 saturated heterocycles. The summed E-state index contributed by atoms with van der Waals surface area (Å²) in [5.74, 6) is -0.0719. The monoisotopic (exact) mass is 886 g/mol. The number of unbranched alkanes of at least 4 members (excludes halogenated alkanes) is 36. The highest BCUT2D eigenvalue weighted by Crippen LogP contribution is 2.17. The van der Waals surface area contributed by atoms with Crippen molar-refractivity contribution in [3.63, 3.8) is 0 Å². The van der Waals surface area contributed by atoms with E-state index in [1.807, 2.05) is 6.08 Å². The largest absolute Gasteiger partial charge is 0.466 e. The lowest BCUT2D eigenvalue weighted by atomic mass is 10.0. The van der Waals surface area contributed by atoms with Crippen molar-refractivity contribution in [3.05, 3.63) is 36.5 Å². The molecule has 1 amide bonds. The van der Waals surface area contributed by atoms with Crippen LogP contribution in [0.25, 0.3) is 0 Å². The highest BCUT2D eigenvalue weighted by molar-refractivity contribution is 5.76.